The first-order valence-electron chi connectivity index (χ1n) is 16.6. The lowest BCUT2D eigenvalue weighted by atomic mass is 9.91. The fourth-order valence-electron chi connectivity index (χ4n) is 8.11. The number of alkyl halides is 1. The van der Waals surface area contributed by atoms with Crippen molar-refractivity contribution in [2.45, 2.75) is 69.4 Å². The van der Waals surface area contributed by atoms with E-state index in [0.29, 0.717) is 36.0 Å². The largest absolute Gasteiger partial charge is 0.508 e. The number of piperazine rings is 1. The number of halogens is 3. The molecule has 3 aromatic carbocycles. The van der Waals surface area contributed by atoms with Gasteiger partial charge >= 0.3 is 6.01 Å². The van der Waals surface area contributed by atoms with Crippen LogP contribution in [0, 0.1) is 17.6 Å². The van der Waals surface area contributed by atoms with Crippen LogP contribution in [0.25, 0.3) is 32.8 Å². The van der Waals surface area contributed by atoms with Crippen LogP contribution in [0.1, 0.15) is 38.2 Å². The van der Waals surface area contributed by atoms with Gasteiger partial charge in [-0.25, -0.2) is 13.2 Å². The maximum Gasteiger partial charge on any atom is 0.319 e. The monoisotopic (exact) mass is 649 g/mol. The number of aromatic hydroxyl groups is 1. The smallest absolute Gasteiger partial charge is 0.319 e. The van der Waals surface area contributed by atoms with Crippen molar-refractivity contribution < 1.29 is 32.9 Å². The van der Waals surface area contributed by atoms with E-state index in [-0.39, 0.29) is 96.3 Å². The summed E-state index contributed by atoms with van der Waals surface area (Å²) in [7, 11) is 0. The van der Waals surface area contributed by atoms with Crippen LogP contribution in [-0.2, 0) is 6.42 Å². The van der Waals surface area contributed by atoms with Crippen molar-refractivity contribution in [3.05, 3.63) is 47.5 Å². The van der Waals surface area contributed by atoms with E-state index in [1.54, 1.807) is 12.1 Å². The van der Waals surface area contributed by atoms with Crippen LogP contribution in [0.5, 0.6) is 17.5 Å². The number of phenolic OH excluding ortho intramolecular Hbond substituents is 1. The SMILES string of the molecule is CCc1cccc2cc(O)cc(-c3c(F)c4c5c(nc(OC[C@@H]6C[C@H](O)CNC[C@H](F)C6)nc5c3F)N3CC5CCC(N5)C3CO4)c12. The summed E-state index contributed by atoms with van der Waals surface area (Å²) in [5, 5.41) is 29.0. The normalized spacial score (nSPS) is 27.2. The Labute approximate surface area is 270 Å². The molecule has 12 heteroatoms. The summed E-state index contributed by atoms with van der Waals surface area (Å²) in [5.74, 6) is -2.03. The first-order valence-corrected chi connectivity index (χ1v) is 16.6. The number of ether oxygens (including phenoxy) is 2. The minimum absolute atomic E-state index is 0.0226. The number of nitrogens with zero attached hydrogens (tertiary/aromatic N) is 3. The highest BCUT2D eigenvalue weighted by atomic mass is 19.1. The van der Waals surface area contributed by atoms with Crippen LogP contribution in [0.3, 0.4) is 0 Å². The van der Waals surface area contributed by atoms with Gasteiger partial charge in [0, 0.05) is 31.7 Å². The molecule has 4 aromatic rings. The molecule has 0 saturated carbocycles. The molecule has 5 heterocycles. The molecular formula is C35H38F3N5O4. The van der Waals surface area contributed by atoms with Crippen LogP contribution < -0.4 is 25.0 Å². The topological polar surface area (TPSA) is 112 Å². The average Bonchev–Trinajstić information content (AvgIpc) is 3.35. The summed E-state index contributed by atoms with van der Waals surface area (Å²) >= 11 is 0. The summed E-state index contributed by atoms with van der Waals surface area (Å²) in [6, 6.07) is 8.50. The first-order chi connectivity index (χ1) is 22.8. The van der Waals surface area contributed by atoms with E-state index in [9.17, 15) is 14.6 Å². The molecule has 1 aromatic heterocycles. The molecule has 3 unspecified atom stereocenters. The number of rotatable bonds is 5. The number of hydrogen-bond acceptors (Lipinski definition) is 9. The van der Waals surface area contributed by atoms with Gasteiger partial charge in [-0.3, -0.25) is 0 Å². The van der Waals surface area contributed by atoms with Gasteiger partial charge in [0.2, 0.25) is 0 Å². The van der Waals surface area contributed by atoms with Gasteiger partial charge in [0.05, 0.1) is 29.7 Å². The fourth-order valence-corrected chi connectivity index (χ4v) is 8.11. The van der Waals surface area contributed by atoms with Gasteiger partial charge in [-0.1, -0.05) is 25.1 Å². The number of aliphatic hydroxyl groups excluding tert-OH is 1. The molecule has 0 amide bonds. The van der Waals surface area contributed by atoms with Crippen molar-refractivity contribution >= 4 is 27.5 Å². The Morgan fingerprint density at radius 3 is 2.81 bits per heavy atom. The summed E-state index contributed by atoms with van der Waals surface area (Å²) in [4.78, 5) is 11.3. The summed E-state index contributed by atoms with van der Waals surface area (Å²) in [5.41, 5.74) is 0.571. The Balaban J connectivity index is 1.31. The lowest BCUT2D eigenvalue weighted by Crippen LogP contribution is -2.60. The maximum atomic E-state index is 17.1. The highest BCUT2D eigenvalue weighted by Gasteiger charge is 2.44. The van der Waals surface area contributed by atoms with Crippen LogP contribution >= 0.6 is 0 Å². The number of aryl methyl sites for hydroxylation is 1. The molecule has 248 valence electrons. The molecule has 3 fully saturated rings. The standard InChI is InChI=1S/C35H38F3N5O4/c1-2-18-4-3-5-19-10-22(44)11-24(27(18)19)28-30(37)32-29-33(31(28)38)46-16-26-25-7-6-21(40-25)14-43(26)34(29)42-35(41-32)47-15-17-8-20(36)12-39-13-23(45)9-17/h3-5,10-11,17,20-21,23,25-26,39-40,44-45H,2,6-9,12-16H2,1H3/t17-,20+,21?,23-,25?,26?/m0/s1. The van der Waals surface area contributed by atoms with Crippen LogP contribution in [-0.4, -0.2) is 83.4 Å². The molecule has 0 aliphatic carbocycles. The predicted octanol–water partition coefficient (Wildman–Crippen LogP) is 4.78. The molecule has 4 N–H and O–H groups in total. The quantitative estimate of drug-likeness (QED) is 0.243. The third-order valence-corrected chi connectivity index (χ3v) is 10.3. The highest BCUT2D eigenvalue weighted by molar-refractivity contribution is 6.05. The minimum Gasteiger partial charge on any atom is -0.508 e. The molecule has 0 spiro atoms. The Bertz CT molecular complexity index is 1850. The van der Waals surface area contributed by atoms with E-state index in [1.165, 1.54) is 6.07 Å². The van der Waals surface area contributed by atoms with E-state index in [1.807, 2.05) is 19.1 Å². The van der Waals surface area contributed by atoms with Crippen LogP contribution in [0.4, 0.5) is 19.0 Å². The van der Waals surface area contributed by atoms with Gasteiger partial charge in [-0.15, -0.1) is 0 Å². The second-order valence-corrected chi connectivity index (χ2v) is 13.4. The Morgan fingerprint density at radius 1 is 1.09 bits per heavy atom. The third-order valence-electron chi connectivity index (χ3n) is 10.3. The van der Waals surface area contributed by atoms with Crippen molar-refractivity contribution in [1.82, 2.24) is 20.6 Å². The number of aromatic nitrogens is 2. The number of aliphatic hydroxyl groups is 1. The van der Waals surface area contributed by atoms with Gasteiger partial charge in [0.1, 0.15) is 29.9 Å². The predicted molar refractivity (Wildman–Crippen MR) is 172 cm³/mol. The maximum absolute atomic E-state index is 17.1. The summed E-state index contributed by atoms with van der Waals surface area (Å²) < 4.78 is 60.9. The van der Waals surface area contributed by atoms with Crippen molar-refractivity contribution in [3.8, 4) is 28.6 Å². The van der Waals surface area contributed by atoms with Crippen molar-refractivity contribution in [3.63, 3.8) is 0 Å². The zero-order valence-electron chi connectivity index (χ0n) is 26.1. The van der Waals surface area contributed by atoms with E-state index in [2.05, 4.69) is 20.5 Å². The number of benzene rings is 3. The fraction of sp³-hybridized carbons (Fsp3) is 0.486. The number of β-amino-alcohol motifs (C(OH)–C–C–N with tert-alkyl or cyclic N) is 1. The van der Waals surface area contributed by atoms with Crippen LogP contribution in [0.2, 0.25) is 0 Å². The average molecular weight is 650 g/mol. The lowest BCUT2D eigenvalue weighted by Gasteiger charge is -2.40. The summed E-state index contributed by atoms with van der Waals surface area (Å²) in [6.45, 7) is 3.14. The number of fused-ring (bicyclic) bond motifs is 6. The Hall–Kier alpha value is -3.87. The van der Waals surface area contributed by atoms with Crippen molar-refractivity contribution in [1.29, 1.82) is 0 Å². The zero-order chi connectivity index (χ0) is 32.4. The molecule has 0 radical (unpaired) electrons. The van der Waals surface area contributed by atoms with Gasteiger partial charge in [0.15, 0.2) is 17.4 Å². The number of phenols is 1. The minimum atomic E-state index is -1.11. The van der Waals surface area contributed by atoms with E-state index in [0.717, 1.165) is 18.4 Å². The van der Waals surface area contributed by atoms with E-state index < -0.39 is 23.9 Å². The number of anilines is 1. The van der Waals surface area contributed by atoms with Crippen molar-refractivity contribution in [2.75, 3.05) is 37.7 Å². The van der Waals surface area contributed by atoms with E-state index in [4.69, 9.17) is 14.5 Å². The Morgan fingerprint density at radius 2 is 1.96 bits per heavy atom. The van der Waals surface area contributed by atoms with Gasteiger partial charge in [-0.05, 0) is 72.1 Å². The van der Waals surface area contributed by atoms with Gasteiger partial charge < -0.3 is 35.2 Å². The molecule has 8 rings (SSSR count). The van der Waals surface area contributed by atoms with Gasteiger partial charge in [0.25, 0.3) is 0 Å². The highest BCUT2D eigenvalue weighted by Crippen LogP contribution is 2.48. The third kappa shape index (κ3) is 5.30. The molecule has 9 nitrogen and oxygen atoms in total. The molecular weight excluding hydrogens is 611 g/mol. The second kappa shape index (κ2) is 12.0. The molecule has 4 aliphatic heterocycles. The summed E-state index contributed by atoms with van der Waals surface area (Å²) in [6.07, 6.45) is 1.23. The molecule has 4 aliphatic rings. The van der Waals surface area contributed by atoms with Crippen molar-refractivity contribution in [2.24, 2.45) is 5.92 Å². The molecule has 47 heavy (non-hydrogen) atoms. The molecule has 3 saturated heterocycles. The van der Waals surface area contributed by atoms with Gasteiger partial charge in [-0.2, -0.15) is 9.97 Å². The number of nitrogens with one attached hydrogen (secondary N) is 2. The van der Waals surface area contributed by atoms with Crippen LogP contribution in [0.15, 0.2) is 30.3 Å². The first kappa shape index (κ1) is 30.5. The molecule has 6 atom stereocenters. The van der Waals surface area contributed by atoms with E-state index >= 15 is 8.78 Å². The Kier molecular flexibility index (Phi) is 7.76. The number of hydrogen-bond donors (Lipinski definition) is 4. The second-order valence-electron chi connectivity index (χ2n) is 13.4. The molecule has 2 bridgehead atoms. The lowest BCUT2D eigenvalue weighted by molar-refractivity contribution is 0.0859. The zero-order valence-corrected chi connectivity index (χ0v) is 26.1.